The van der Waals surface area contributed by atoms with Gasteiger partial charge in [0.1, 0.15) is 0 Å². The summed E-state index contributed by atoms with van der Waals surface area (Å²) in [6.45, 7) is 6.96. The van der Waals surface area contributed by atoms with Gasteiger partial charge in [0.25, 0.3) is 5.91 Å². The Bertz CT molecular complexity index is 893. The topological polar surface area (TPSA) is 90.0 Å². The number of nitrogens with zero attached hydrogens (tertiary/aromatic N) is 2. The first kappa shape index (κ1) is 21.0. The van der Waals surface area contributed by atoms with Crippen LogP contribution in [0.15, 0.2) is 0 Å². The monoisotopic (exact) mass is 426 g/mol. The summed E-state index contributed by atoms with van der Waals surface area (Å²) in [6, 6.07) is 0.544. The second-order valence-electron chi connectivity index (χ2n) is 11.7. The Morgan fingerprint density at radius 3 is 2.48 bits per heavy atom. The van der Waals surface area contributed by atoms with E-state index in [0.29, 0.717) is 24.1 Å². The van der Waals surface area contributed by atoms with Crippen LogP contribution in [0.5, 0.6) is 0 Å². The Labute approximate surface area is 185 Å². The quantitative estimate of drug-likeness (QED) is 0.764. The predicted molar refractivity (Wildman–Crippen MR) is 120 cm³/mol. The highest BCUT2D eigenvalue weighted by atomic mass is 16.2. The molecule has 3 saturated carbocycles. The van der Waals surface area contributed by atoms with Gasteiger partial charge in [-0.05, 0) is 68.1 Å². The minimum atomic E-state index is -0.260. The van der Waals surface area contributed by atoms with Crippen molar-refractivity contribution in [1.82, 2.24) is 15.1 Å². The van der Waals surface area contributed by atoms with Gasteiger partial charge >= 0.3 is 0 Å². The van der Waals surface area contributed by atoms with Gasteiger partial charge in [-0.25, -0.2) is 0 Å². The van der Waals surface area contributed by atoms with E-state index in [4.69, 9.17) is 10.8 Å². The van der Waals surface area contributed by atoms with E-state index in [-0.39, 0.29) is 34.6 Å². The van der Waals surface area contributed by atoms with Crippen molar-refractivity contribution in [1.29, 1.82) is 0 Å². The van der Waals surface area contributed by atoms with Gasteiger partial charge in [0.2, 0.25) is 5.91 Å². The van der Waals surface area contributed by atoms with Crippen LogP contribution in [0, 0.1) is 22.7 Å². The molecule has 3 fully saturated rings. The van der Waals surface area contributed by atoms with E-state index in [1.165, 1.54) is 44.2 Å². The number of hydrogen-bond acceptors (Lipinski definition) is 3. The molecule has 5 rings (SSSR count). The number of aromatic nitrogens is 2. The van der Waals surface area contributed by atoms with Crippen LogP contribution < -0.4 is 11.1 Å². The first-order chi connectivity index (χ1) is 14.7. The number of nitrogens with two attached hydrogens (primary N) is 1. The minimum Gasteiger partial charge on any atom is -0.369 e. The molecule has 170 valence electrons. The average Bonchev–Trinajstić information content (AvgIpc) is 3.38. The van der Waals surface area contributed by atoms with Gasteiger partial charge in [-0.2, -0.15) is 5.10 Å². The molecule has 4 aliphatic rings. The number of carbonyl (C=O) groups excluding carboxylic acids is 2. The normalized spacial score (nSPS) is 34.5. The number of nitrogens with one attached hydrogen (secondary N) is 1. The van der Waals surface area contributed by atoms with Gasteiger partial charge in [-0.15, -0.1) is 0 Å². The molecule has 3 N–H and O–H groups in total. The van der Waals surface area contributed by atoms with Gasteiger partial charge in [0.15, 0.2) is 5.69 Å². The molecule has 0 saturated heterocycles. The van der Waals surface area contributed by atoms with Crippen LogP contribution in [0.3, 0.4) is 0 Å². The molecule has 4 aliphatic carbocycles. The first-order valence-corrected chi connectivity index (χ1v) is 12.4. The molecule has 0 aliphatic heterocycles. The van der Waals surface area contributed by atoms with E-state index in [1.54, 1.807) is 0 Å². The molecule has 2 bridgehead atoms. The molecule has 1 aromatic rings. The standard InChI is InChI=1S/C25H38N4O2/c1-24(2)16-11-12-25(3,14-16)23(24)27-22(31)20-18-13-15(21(26)30)9-10-19(18)29(28-20)17-7-5-4-6-8-17/h15-17,23H,4-14H2,1-3H3,(H2,26,30)(H,27,31). The van der Waals surface area contributed by atoms with E-state index in [2.05, 4.69) is 30.8 Å². The van der Waals surface area contributed by atoms with Crippen molar-refractivity contribution >= 4 is 11.8 Å². The van der Waals surface area contributed by atoms with E-state index in [0.717, 1.165) is 31.2 Å². The predicted octanol–water partition coefficient (Wildman–Crippen LogP) is 3.92. The molecule has 4 unspecified atom stereocenters. The largest absolute Gasteiger partial charge is 0.369 e. The fourth-order valence-electron chi connectivity index (χ4n) is 7.56. The molecule has 31 heavy (non-hydrogen) atoms. The second kappa shape index (κ2) is 7.35. The average molecular weight is 427 g/mol. The highest BCUT2D eigenvalue weighted by Crippen LogP contribution is 2.62. The Morgan fingerprint density at radius 2 is 1.84 bits per heavy atom. The third kappa shape index (κ3) is 3.32. The van der Waals surface area contributed by atoms with E-state index < -0.39 is 0 Å². The number of carbonyl (C=O) groups is 2. The van der Waals surface area contributed by atoms with Gasteiger partial charge < -0.3 is 11.1 Å². The fourth-order valence-corrected chi connectivity index (χ4v) is 7.56. The molecule has 1 heterocycles. The third-order valence-corrected chi connectivity index (χ3v) is 9.38. The Hall–Kier alpha value is -1.85. The number of rotatable bonds is 4. The molecule has 4 atom stereocenters. The zero-order valence-electron chi connectivity index (χ0n) is 19.4. The number of primary amides is 1. The number of hydrogen-bond donors (Lipinski definition) is 2. The van der Waals surface area contributed by atoms with Crippen LogP contribution in [0.25, 0.3) is 0 Å². The summed E-state index contributed by atoms with van der Waals surface area (Å²) in [7, 11) is 0. The summed E-state index contributed by atoms with van der Waals surface area (Å²) in [4.78, 5) is 25.6. The van der Waals surface area contributed by atoms with Crippen LogP contribution >= 0.6 is 0 Å². The number of fused-ring (bicyclic) bond motifs is 3. The zero-order chi connectivity index (χ0) is 22.0. The molecular weight excluding hydrogens is 388 g/mol. The van der Waals surface area contributed by atoms with Crippen LogP contribution in [-0.4, -0.2) is 27.6 Å². The van der Waals surface area contributed by atoms with Crippen LogP contribution in [-0.2, 0) is 17.6 Å². The highest BCUT2D eigenvalue weighted by Gasteiger charge is 2.59. The second-order valence-corrected chi connectivity index (χ2v) is 11.7. The van der Waals surface area contributed by atoms with Gasteiger partial charge in [-0.1, -0.05) is 40.0 Å². The van der Waals surface area contributed by atoms with Crippen LogP contribution in [0.2, 0.25) is 0 Å². The van der Waals surface area contributed by atoms with Gasteiger partial charge in [0, 0.05) is 23.2 Å². The summed E-state index contributed by atoms with van der Waals surface area (Å²) in [6.07, 6.45) is 11.7. The summed E-state index contributed by atoms with van der Waals surface area (Å²) in [5.74, 6) is 0.169. The molecule has 2 amide bonds. The lowest BCUT2D eigenvalue weighted by Crippen LogP contribution is -2.52. The van der Waals surface area contributed by atoms with E-state index in [9.17, 15) is 9.59 Å². The van der Waals surface area contributed by atoms with Gasteiger partial charge in [0.05, 0.1) is 6.04 Å². The molecule has 0 spiro atoms. The van der Waals surface area contributed by atoms with Crippen LogP contribution in [0.1, 0.15) is 106 Å². The molecule has 6 nitrogen and oxygen atoms in total. The molecule has 1 aromatic heterocycles. The Morgan fingerprint density at radius 1 is 1.10 bits per heavy atom. The SMILES string of the molecule is CC12CCC(C1)C(C)(C)C2NC(=O)c1nn(C2CCCCC2)c2c1CC(C(N)=O)CC2. The molecule has 6 heteroatoms. The van der Waals surface area contributed by atoms with Crippen molar-refractivity contribution in [3.05, 3.63) is 17.0 Å². The van der Waals surface area contributed by atoms with Crippen molar-refractivity contribution in [2.24, 2.45) is 28.4 Å². The fraction of sp³-hybridized carbons (Fsp3) is 0.800. The lowest BCUT2D eigenvalue weighted by atomic mass is 9.68. The summed E-state index contributed by atoms with van der Waals surface area (Å²) in [5, 5.41) is 8.37. The van der Waals surface area contributed by atoms with Crippen molar-refractivity contribution in [3.63, 3.8) is 0 Å². The Balaban J connectivity index is 1.47. The Kier molecular flexibility index (Phi) is 4.98. The van der Waals surface area contributed by atoms with E-state index >= 15 is 0 Å². The molecular formula is C25H38N4O2. The van der Waals surface area contributed by atoms with Crippen molar-refractivity contribution in [3.8, 4) is 0 Å². The van der Waals surface area contributed by atoms with Crippen molar-refractivity contribution in [2.45, 2.75) is 103 Å². The van der Waals surface area contributed by atoms with Gasteiger partial charge in [-0.3, -0.25) is 14.3 Å². The maximum absolute atomic E-state index is 13.6. The lowest BCUT2D eigenvalue weighted by Gasteiger charge is -2.43. The molecule has 0 aromatic carbocycles. The minimum absolute atomic E-state index is 0.0530. The third-order valence-electron chi connectivity index (χ3n) is 9.38. The van der Waals surface area contributed by atoms with Crippen molar-refractivity contribution < 1.29 is 9.59 Å². The highest BCUT2D eigenvalue weighted by molar-refractivity contribution is 5.94. The maximum Gasteiger partial charge on any atom is 0.272 e. The smallest absolute Gasteiger partial charge is 0.272 e. The first-order valence-electron chi connectivity index (χ1n) is 12.4. The summed E-state index contributed by atoms with van der Waals surface area (Å²) in [5.41, 5.74) is 8.63. The van der Waals surface area contributed by atoms with Crippen LogP contribution in [0.4, 0.5) is 0 Å². The van der Waals surface area contributed by atoms with Crippen molar-refractivity contribution in [2.75, 3.05) is 0 Å². The maximum atomic E-state index is 13.6. The zero-order valence-corrected chi connectivity index (χ0v) is 19.4. The summed E-state index contributed by atoms with van der Waals surface area (Å²) < 4.78 is 2.16. The lowest BCUT2D eigenvalue weighted by molar-refractivity contribution is -0.122. The van der Waals surface area contributed by atoms with E-state index in [1.807, 2.05) is 0 Å². The molecule has 0 radical (unpaired) electrons. The summed E-state index contributed by atoms with van der Waals surface area (Å²) >= 11 is 0. The number of amides is 2.